The van der Waals surface area contributed by atoms with Gasteiger partial charge in [0.2, 0.25) is 11.2 Å². The van der Waals surface area contributed by atoms with Crippen LogP contribution < -0.4 is 20.2 Å². The SMILES string of the molecule is C[C@@H](NC(=O)OCc1ccccc1)C(=O)Oc1ccc2c(=O)c(Oc3ccccc3)coc2c1. The van der Waals surface area contributed by atoms with Gasteiger partial charge in [0.05, 0.1) is 5.39 Å². The van der Waals surface area contributed by atoms with E-state index >= 15 is 0 Å². The highest BCUT2D eigenvalue weighted by Crippen LogP contribution is 2.24. The standard InChI is InChI=1S/C26H21NO7/c1-17(27-26(30)32-15-18-8-4-2-5-9-18)25(29)34-20-12-13-21-22(14-20)31-16-23(24(21)28)33-19-10-6-3-7-11-19/h2-14,16-17H,15H2,1H3,(H,27,30)/t17-/m1/s1. The maximum absolute atomic E-state index is 12.7. The number of hydrogen-bond acceptors (Lipinski definition) is 7. The maximum atomic E-state index is 12.7. The normalized spacial score (nSPS) is 11.4. The second-order valence-corrected chi connectivity index (χ2v) is 7.35. The van der Waals surface area contributed by atoms with Crippen molar-refractivity contribution in [2.45, 2.75) is 19.6 Å². The third kappa shape index (κ3) is 5.60. The Bertz CT molecular complexity index is 1350. The molecular weight excluding hydrogens is 438 g/mol. The van der Waals surface area contributed by atoms with Gasteiger partial charge in [-0.05, 0) is 36.8 Å². The van der Waals surface area contributed by atoms with E-state index in [4.69, 9.17) is 18.6 Å². The van der Waals surface area contributed by atoms with E-state index in [-0.39, 0.29) is 34.5 Å². The quantitative estimate of drug-likeness (QED) is 0.313. The third-order valence-corrected chi connectivity index (χ3v) is 4.80. The Morgan fingerprint density at radius 3 is 2.38 bits per heavy atom. The fourth-order valence-corrected chi connectivity index (χ4v) is 3.05. The molecule has 0 bridgehead atoms. The zero-order valence-electron chi connectivity index (χ0n) is 18.2. The number of nitrogens with one attached hydrogen (secondary N) is 1. The van der Waals surface area contributed by atoms with Crippen LogP contribution in [-0.4, -0.2) is 18.1 Å². The van der Waals surface area contributed by atoms with Gasteiger partial charge in [0, 0.05) is 6.07 Å². The van der Waals surface area contributed by atoms with Crippen LogP contribution in [0.15, 0.2) is 94.3 Å². The van der Waals surface area contributed by atoms with E-state index < -0.39 is 18.1 Å². The fraction of sp³-hybridized carbons (Fsp3) is 0.115. The summed E-state index contributed by atoms with van der Waals surface area (Å²) in [7, 11) is 0. The number of carbonyl (C=O) groups excluding carboxylic acids is 2. The Morgan fingerprint density at radius 2 is 1.65 bits per heavy atom. The van der Waals surface area contributed by atoms with E-state index in [2.05, 4.69) is 5.32 Å². The van der Waals surface area contributed by atoms with Crippen molar-refractivity contribution in [3.63, 3.8) is 0 Å². The summed E-state index contributed by atoms with van der Waals surface area (Å²) in [6.07, 6.45) is 0.458. The van der Waals surface area contributed by atoms with Gasteiger partial charge in [0.1, 0.15) is 36.0 Å². The van der Waals surface area contributed by atoms with E-state index in [0.717, 1.165) is 5.56 Å². The van der Waals surface area contributed by atoms with E-state index in [9.17, 15) is 14.4 Å². The molecule has 1 atom stereocenters. The average Bonchev–Trinajstić information content (AvgIpc) is 2.86. The van der Waals surface area contributed by atoms with Crippen LogP contribution in [0.2, 0.25) is 0 Å². The molecule has 1 amide bonds. The van der Waals surface area contributed by atoms with Crippen molar-refractivity contribution < 1.29 is 28.2 Å². The molecule has 1 N–H and O–H groups in total. The topological polar surface area (TPSA) is 104 Å². The lowest BCUT2D eigenvalue weighted by Gasteiger charge is -2.13. The molecule has 1 aromatic heterocycles. The number of ether oxygens (including phenoxy) is 3. The van der Waals surface area contributed by atoms with Crippen molar-refractivity contribution in [3.8, 4) is 17.2 Å². The van der Waals surface area contributed by atoms with Crippen LogP contribution in [0.25, 0.3) is 11.0 Å². The highest BCUT2D eigenvalue weighted by Gasteiger charge is 2.19. The molecule has 1 heterocycles. The van der Waals surface area contributed by atoms with Crippen molar-refractivity contribution in [3.05, 3.63) is 101 Å². The molecule has 3 aromatic carbocycles. The summed E-state index contributed by atoms with van der Waals surface area (Å²) in [5.41, 5.74) is 0.681. The van der Waals surface area contributed by atoms with Crippen molar-refractivity contribution in [1.82, 2.24) is 5.32 Å². The molecule has 172 valence electrons. The molecule has 0 saturated carbocycles. The Balaban J connectivity index is 1.37. The summed E-state index contributed by atoms with van der Waals surface area (Å²) < 4.78 is 21.5. The molecule has 8 heteroatoms. The predicted octanol–water partition coefficient (Wildman–Crippen LogP) is 4.81. The van der Waals surface area contributed by atoms with E-state index in [1.165, 1.54) is 31.4 Å². The van der Waals surface area contributed by atoms with Gasteiger partial charge in [-0.15, -0.1) is 0 Å². The van der Waals surface area contributed by atoms with E-state index in [1.807, 2.05) is 36.4 Å². The summed E-state index contributed by atoms with van der Waals surface area (Å²) in [5, 5.41) is 2.69. The Kier molecular flexibility index (Phi) is 6.88. The molecule has 4 rings (SSSR count). The molecule has 0 saturated heterocycles. The first-order chi connectivity index (χ1) is 16.5. The molecule has 0 spiro atoms. The van der Waals surface area contributed by atoms with Crippen LogP contribution in [0.1, 0.15) is 12.5 Å². The van der Waals surface area contributed by atoms with Crippen LogP contribution in [-0.2, 0) is 16.1 Å². The van der Waals surface area contributed by atoms with Gasteiger partial charge < -0.3 is 23.9 Å². The lowest BCUT2D eigenvalue weighted by Crippen LogP contribution is -2.41. The first kappa shape index (κ1) is 22.6. The second kappa shape index (κ2) is 10.4. The summed E-state index contributed by atoms with van der Waals surface area (Å²) >= 11 is 0. The van der Waals surface area contributed by atoms with Gasteiger partial charge >= 0.3 is 12.1 Å². The van der Waals surface area contributed by atoms with Crippen LogP contribution in [0.3, 0.4) is 0 Å². The number of alkyl carbamates (subject to hydrolysis) is 1. The molecule has 0 radical (unpaired) electrons. The van der Waals surface area contributed by atoms with Crippen LogP contribution >= 0.6 is 0 Å². The number of rotatable bonds is 7. The van der Waals surface area contributed by atoms with E-state index in [0.29, 0.717) is 5.75 Å². The zero-order valence-corrected chi connectivity index (χ0v) is 18.2. The minimum Gasteiger partial charge on any atom is -0.460 e. The summed E-state index contributed by atoms with van der Waals surface area (Å²) in [6, 6.07) is 21.4. The number of para-hydroxylation sites is 1. The lowest BCUT2D eigenvalue weighted by molar-refractivity contribution is -0.136. The maximum Gasteiger partial charge on any atom is 0.408 e. The third-order valence-electron chi connectivity index (χ3n) is 4.80. The van der Waals surface area contributed by atoms with Crippen molar-refractivity contribution in [1.29, 1.82) is 0 Å². The number of fused-ring (bicyclic) bond motifs is 1. The van der Waals surface area contributed by atoms with Gasteiger partial charge in [0.25, 0.3) is 0 Å². The molecular formula is C26H21NO7. The molecule has 0 aliphatic carbocycles. The highest BCUT2D eigenvalue weighted by molar-refractivity contribution is 5.84. The van der Waals surface area contributed by atoms with Gasteiger partial charge in [-0.3, -0.25) is 4.79 Å². The second-order valence-electron chi connectivity index (χ2n) is 7.35. The fourth-order valence-electron chi connectivity index (χ4n) is 3.05. The molecule has 0 unspecified atom stereocenters. The van der Waals surface area contributed by atoms with Crippen molar-refractivity contribution in [2.75, 3.05) is 0 Å². The number of carbonyl (C=O) groups is 2. The lowest BCUT2D eigenvalue weighted by atomic mass is 10.2. The van der Waals surface area contributed by atoms with Crippen LogP contribution in [0.5, 0.6) is 17.2 Å². The van der Waals surface area contributed by atoms with Gasteiger partial charge in [-0.1, -0.05) is 48.5 Å². The Labute approximate surface area is 194 Å². The molecule has 34 heavy (non-hydrogen) atoms. The molecule has 4 aromatic rings. The monoisotopic (exact) mass is 459 g/mol. The average molecular weight is 459 g/mol. The van der Waals surface area contributed by atoms with Gasteiger partial charge in [0.15, 0.2) is 0 Å². The van der Waals surface area contributed by atoms with Crippen molar-refractivity contribution >= 4 is 23.0 Å². The Morgan fingerprint density at radius 1 is 0.941 bits per heavy atom. The largest absolute Gasteiger partial charge is 0.460 e. The number of amides is 1. The minimum atomic E-state index is -0.965. The smallest absolute Gasteiger partial charge is 0.408 e. The summed E-state index contributed by atoms with van der Waals surface area (Å²) in [5.74, 6) is -0.00941. The summed E-state index contributed by atoms with van der Waals surface area (Å²) in [4.78, 5) is 37.0. The first-order valence-corrected chi connectivity index (χ1v) is 10.5. The van der Waals surface area contributed by atoms with Gasteiger partial charge in [-0.25, -0.2) is 9.59 Å². The molecule has 0 aliphatic heterocycles. The number of esters is 1. The van der Waals surface area contributed by atoms with Crippen LogP contribution in [0.4, 0.5) is 4.79 Å². The zero-order chi connectivity index (χ0) is 23.9. The summed E-state index contributed by atoms with van der Waals surface area (Å²) in [6.45, 7) is 1.55. The molecule has 0 fully saturated rings. The number of benzene rings is 3. The first-order valence-electron chi connectivity index (χ1n) is 10.5. The minimum absolute atomic E-state index is 0.0373. The van der Waals surface area contributed by atoms with E-state index in [1.54, 1.807) is 24.3 Å². The Hall–Kier alpha value is -4.59. The predicted molar refractivity (Wildman–Crippen MR) is 124 cm³/mol. The van der Waals surface area contributed by atoms with Crippen LogP contribution in [0, 0.1) is 0 Å². The highest BCUT2D eigenvalue weighted by atomic mass is 16.6. The molecule has 8 nitrogen and oxygen atoms in total. The molecule has 0 aliphatic rings. The van der Waals surface area contributed by atoms with Crippen molar-refractivity contribution in [2.24, 2.45) is 0 Å². The number of hydrogen-bond donors (Lipinski definition) is 1. The van der Waals surface area contributed by atoms with Gasteiger partial charge in [-0.2, -0.15) is 0 Å².